The van der Waals surface area contributed by atoms with E-state index in [2.05, 4.69) is 5.32 Å². The molecule has 268 valence electrons. The first kappa shape index (κ1) is 43.3. The van der Waals surface area contributed by atoms with Crippen molar-refractivity contribution < 1.29 is 47.3 Å². The summed E-state index contributed by atoms with van der Waals surface area (Å²) in [6, 6.07) is 4.05. The number of hydrogen-bond acceptors (Lipinski definition) is 8. The number of nitrogens with one attached hydrogen (secondary N) is 1. The Morgan fingerprint density at radius 3 is 2.00 bits per heavy atom. The molecule has 4 atom stereocenters. The van der Waals surface area contributed by atoms with Gasteiger partial charge in [-0.3, -0.25) is 28.6 Å². The van der Waals surface area contributed by atoms with E-state index in [1.54, 1.807) is 6.07 Å². The highest BCUT2D eigenvalue weighted by molar-refractivity contribution is 7.94. The van der Waals surface area contributed by atoms with Crippen molar-refractivity contribution in [2.24, 2.45) is 5.73 Å². The molecule has 0 saturated carbocycles. The minimum Gasteiger partial charge on any atom is -0.480 e. The third-order valence-electron chi connectivity index (χ3n) is 6.92. The Morgan fingerprint density at radius 2 is 1.53 bits per heavy atom. The number of anilines is 1. The van der Waals surface area contributed by atoms with Crippen LogP contribution in [-0.4, -0.2) is 129 Å². The van der Waals surface area contributed by atoms with Crippen LogP contribution in [-0.2, 0) is 33.6 Å². The molecule has 0 saturated heterocycles. The number of carboxylic acid groups (broad SMARTS) is 2. The number of carbonyl (C=O) groups is 4. The van der Waals surface area contributed by atoms with Gasteiger partial charge in [-0.1, -0.05) is 25.1 Å². The van der Waals surface area contributed by atoms with Crippen LogP contribution in [0.25, 0.3) is 0 Å². The van der Waals surface area contributed by atoms with Gasteiger partial charge in [0.05, 0.1) is 5.75 Å². The molecule has 15 nitrogen and oxygen atoms in total. The number of hydrogen-bond donors (Lipinski definition) is 5. The summed E-state index contributed by atoms with van der Waals surface area (Å²) in [6.45, 7) is -0.722. The van der Waals surface area contributed by atoms with Gasteiger partial charge in [0.25, 0.3) is 5.91 Å². The van der Waals surface area contributed by atoms with Gasteiger partial charge in [0, 0.05) is 55.9 Å². The molecule has 0 bridgehead atoms. The third kappa shape index (κ3) is 12.9. The Hall–Kier alpha value is -1.72. The van der Waals surface area contributed by atoms with E-state index >= 15 is 0 Å². The number of aliphatic carboxylic acids is 2. The molecule has 0 fully saturated rings. The zero-order chi connectivity index (χ0) is 36.0. The van der Waals surface area contributed by atoms with Gasteiger partial charge < -0.3 is 26.2 Å². The van der Waals surface area contributed by atoms with E-state index in [9.17, 15) is 42.2 Å². The topological polar surface area (TPSA) is 228 Å². The predicted molar refractivity (Wildman–Crippen MR) is 181 cm³/mol. The summed E-state index contributed by atoms with van der Waals surface area (Å²) in [4.78, 5) is 61.4. The average molecular weight is 787 g/mol. The average Bonchev–Trinajstić information content (AvgIpc) is 3.01. The molecule has 0 aliphatic heterocycles. The molecule has 0 spiro atoms. The summed E-state index contributed by atoms with van der Waals surface area (Å²) in [5.74, 6) is -6.39. The number of nitrogens with zero attached hydrogens (tertiary/aromatic N) is 3. The maximum Gasteiger partial charge on any atom is 0.343 e. The molecular formula is C26H40Cl4N5O10PS. The van der Waals surface area contributed by atoms with Crippen LogP contribution >= 0.6 is 54.1 Å². The zero-order valence-electron chi connectivity index (χ0n) is 25.5. The lowest BCUT2D eigenvalue weighted by molar-refractivity contribution is -0.139. The molecule has 1 rings (SSSR count). The molecule has 1 aromatic rings. The fourth-order valence-corrected chi connectivity index (χ4v) is 9.39. The number of carbonyl (C=O) groups excluding carboxylic acids is 2. The number of alkyl halides is 4. The predicted octanol–water partition coefficient (Wildman–Crippen LogP) is 1.96. The van der Waals surface area contributed by atoms with Crippen LogP contribution in [0.1, 0.15) is 26.2 Å². The largest absolute Gasteiger partial charge is 0.480 e. The van der Waals surface area contributed by atoms with Gasteiger partial charge in [-0.05, 0) is 25.0 Å². The molecule has 1 aromatic carbocycles. The van der Waals surface area contributed by atoms with E-state index in [0.29, 0.717) is 0 Å². The van der Waals surface area contributed by atoms with E-state index in [4.69, 9.17) is 57.2 Å². The van der Waals surface area contributed by atoms with Gasteiger partial charge in [0.15, 0.2) is 14.0 Å². The first-order chi connectivity index (χ1) is 21.9. The van der Waals surface area contributed by atoms with Crippen molar-refractivity contribution in [3.05, 3.63) is 30.3 Å². The number of amides is 2. The number of halogens is 4. The zero-order valence-corrected chi connectivity index (χ0v) is 30.2. The number of sulfone groups is 1. The molecule has 2 amide bonds. The Bertz CT molecular complexity index is 1360. The van der Waals surface area contributed by atoms with E-state index < -0.39 is 82.8 Å². The van der Waals surface area contributed by atoms with Gasteiger partial charge in [0.1, 0.15) is 18.6 Å². The van der Waals surface area contributed by atoms with Gasteiger partial charge in [-0.15, -0.1) is 46.4 Å². The minimum absolute atomic E-state index is 0.0522. The van der Waals surface area contributed by atoms with Crippen LogP contribution in [0, 0.1) is 0 Å². The molecule has 0 heterocycles. The molecule has 0 aliphatic carbocycles. The molecule has 47 heavy (non-hydrogen) atoms. The summed E-state index contributed by atoms with van der Waals surface area (Å²) in [5, 5.41) is 20.8. The maximum atomic E-state index is 14.0. The van der Waals surface area contributed by atoms with Crippen LogP contribution in [0.15, 0.2) is 30.3 Å². The fourth-order valence-electron chi connectivity index (χ4n) is 4.30. The molecule has 0 aromatic heterocycles. The number of rotatable bonds is 23. The fraction of sp³-hybridized carbons (Fsp3) is 0.615. The lowest BCUT2D eigenvalue weighted by Gasteiger charge is -2.39. The van der Waals surface area contributed by atoms with E-state index in [-0.39, 0.29) is 55.8 Å². The maximum absolute atomic E-state index is 14.0. The highest BCUT2D eigenvalue weighted by Gasteiger charge is 2.48. The van der Waals surface area contributed by atoms with Gasteiger partial charge in [-0.25, -0.2) is 17.8 Å². The monoisotopic (exact) mass is 785 g/mol. The first-order valence-electron chi connectivity index (χ1n) is 14.2. The molecule has 0 radical (unpaired) electrons. The summed E-state index contributed by atoms with van der Waals surface area (Å²) < 4.78 is 41.4. The summed E-state index contributed by atoms with van der Waals surface area (Å²) in [6.07, 6.45) is -1.23. The third-order valence-corrected chi connectivity index (χ3v) is 13.0. The van der Waals surface area contributed by atoms with Gasteiger partial charge >= 0.3 is 19.6 Å². The molecule has 21 heteroatoms. The number of carboxylic acids is 2. The second-order valence-corrected chi connectivity index (χ2v) is 16.8. The lowest BCUT2D eigenvalue weighted by atomic mass is 10.1. The van der Waals surface area contributed by atoms with Crippen LogP contribution in [0.2, 0.25) is 0 Å². The lowest BCUT2D eigenvalue weighted by Crippen LogP contribution is -2.56. The Labute approximate surface area is 293 Å². The second-order valence-electron chi connectivity index (χ2n) is 10.2. The normalized spacial score (nSPS) is 15.8. The highest BCUT2D eigenvalue weighted by atomic mass is 35.5. The molecular weight excluding hydrogens is 747 g/mol. The smallest absolute Gasteiger partial charge is 0.343 e. The van der Waals surface area contributed by atoms with E-state index in [0.717, 1.165) is 14.2 Å². The molecule has 3 unspecified atom stereocenters. The van der Waals surface area contributed by atoms with Crippen molar-refractivity contribution >= 4 is 93.4 Å². The Kier molecular flexibility index (Phi) is 18.5. The number of para-hydroxylation sites is 1. The first-order valence-corrected chi connectivity index (χ1v) is 19.4. The number of benzene rings is 1. The van der Waals surface area contributed by atoms with Crippen LogP contribution in [0.4, 0.5) is 5.69 Å². The summed E-state index contributed by atoms with van der Waals surface area (Å²) in [5.41, 5.74) is 5.54. The standard InChI is InChI=1S/C26H40Cl4N5O10PS/c1-2-26(30,18-34(15-12-29)46(42,43)33(13-10-27)14-11-28)47(44,45)17-21(32-22(36)9-8-20(31)25(40)41)24(39)35(16-23(37)38)19-6-4-3-5-7-19/h3-7,20-21H,2,8-18,31H2,1H3,(H,32,36)(H,37,38)(H,40,41)(H,42,43)/t20?,21?,26-/m0/s1. The van der Waals surface area contributed by atoms with Crippen molar-refractivity contribution in [1.82, 2.24) is 14.7 Å². The Balaban J connectivity index is 3.61. The van der Waals surface area contributed by atoms with Crippen LogP contribution < -0.4 is 16.0 Å². The van der Waals surface area contributed by atoms with Crippen molar-refractivity contribution in [1.29, 1.82) is 0 Å². The number of nitrogens with two attached hydrogens (primary N) is 1. The highest BCUT2D eigenvalue weighted by Crippen LogP contribution is 2.50. The van der Waals surface area contributed by atoms with Crippen molar-refractivity contribution in [2.75, 3.05) is 61.0 Å². The van der Waals surface area contributed by atoms with Crippen LogP contribution in [0.3, 0.4) is 0 Å². The molecule has 6 N–H and O–H groups in total. The van der Waals surface area contributed by atoms with Crippen molar-refractivity contribution in [3.8, 4) is 0 Å². The molecule has 0 aliphatic rings. The van der Waals surface area contributed by atoms with Crippen LogP contribution in [0.5, 0.6) is 0 Å². The summed E-state index contributed by atoms with van der Waals surface area (Å²) >= 11 is 24.3. The van der Waals surface area contributed by atoms with Crippen molar-refractivity contribution in [3.63, 3.8) is 0 Å². The summed E-state index contributed by atoms with van der Waals surface area (Å²) in [7, 11) is -9.25. The van der Waals surface area contributed by atoms with E-state index in [1.807, 2.05) is 0 Å². The van der Waals surface area contributed by atoms with Gasteiger partial charge in [-0.2, -0.15) is 0 Å². The minimum atomic E-state index is -4.73. The van der Waals surface area contributed by atoms with E-state index in [1.165, 1.54) is 31.2 Å². The van der Waals surface area contributed by atoms with Gasteiger partial charge in [0.2, 0.25) is 5.91 Å². The quantitative estimate of drug-likeness (QED) is 0.0791. The SMILES string of the molecule is CC[C@@](Cl)(CN(CCCl)P(=O)(O)N(CCCl)CCCl)S(=O)(=O)CC(NC(=O)CCC(N)C(=O)O)C(=O)N(CC(=O)O)c1ccccc1. The Morgan fingerprint density at radius 1 is 1.00 bits per heavy atom. The second kappa shape index (κ2) is 20.1. The van der Waals surface area contributed by atoms with Crippen molar-refractivity contribution in [2.45, 2.75) is 42.5 Å².